The molecule has 3 aliphatic heterocycles. The van der Waals surface area contributed by atoms with Gasteiger partial charge in [-0.05, 0) is 67.6 Å². The molecule has 1 N–H and O–H groups in total. The first-order chi connectivity index (χ1) is 19.3. The molecule has 3 aliphatic rings. The molecule has 1 unspecified atom stereocenters. The van der Waals surface area contributed by atoms with Crippen LogP contribution in [0.2, 0.25) is 5.02 Å². The van der Waals surface area contributed by atoms with Crippen molar-refractivity contribution in [2.45, 2.75) is 31.3 Å². The predicted octanol–water partition coefficient (Wildman–Crippen LogP) is 5.01. The molecule has 0 radical (unpaired) electrons. The molecule has 206 valence electrons. The zero-order valence-corrected chi connectivity index (χ0v) is 22.6. The first-order valence-corrected chi connectivity index (χ1v) is 13.9. The largest absolute Gasteiger partial charge is 0.385 e. The third-order valence-corrected chi connectivity index (χ3v) is 8.63. The molecule has 3 heterocycles. The third kappa shape index (κ3) is 4.55. The van der Waals surface area contributed by atoms with Crippen LogP contribution in [0.5, 0.6) is 0 Å². The quantitative estimate of drug-likeness (QED) is 0.453. The van der Waals surface area contributed by atoms with Crippen molar-refractivity contribution < 1.29 is 23.9 Å². The van der Waals surface area contributed by atoms with Gasteiger partial charge in [-0.1, -0.05) is 41.9 Å². The molecule has 2 saturated heterocycles. The number of benzene rings is 3. The van der Waals surface area contributed by atoms with Gasteiger partial charge in [0.15, 0.2) is 0 Å². The second kappa shape index (κ2) is 10.3. The summed E-state index contributed by atoms with van der Waals surface area (Å²) in [6.45, 7) is 1.94. The predicted molar refractivity (Wildman–Crippen MR) is 150 cm³/mol. The van der Waals surface area contributed by atoms with Crippen LogP contribution in [0, 0.1) is 11.7 Å². The molecule has 0 aliphatic carbocycles. The zero-order chi connectivity index (χ0) is 28.0. The van der Waals surface area contributed by atoms with Crippen LogP contribution in [0.15, 0.2) is 66.7 Å². The maximum atomic E-state index is 14.5. The van der Waals surface area contributed by atoms with E-state index in [2.05, 4.69) is 0 Å². The number of anilines is 2. The molecular formula is C31H29ClFN3O4. The van der Waals surface area contributed by atoms with Crippen LogP contribution in [0.3, 0.4) is 0 Å². The van der Waals surface area contributed by atoms with Crippen LogP contribution in [0.4, 0.5) is 15.8 Å². The molecule has 40 heavy (non-hydrogen) atoms. The number of imide groups is 1. The van der Waals surface area contributed by atoms with Crippen LogP contribution in [0.25, 0.3) is 0 Å². The number of para-hydroxylation sites is 1. The minimum absolute atomic E-state index is 0.0332. The number of hydrogen-bond donors (Lipinski definition) is 1. The van der Waals surface area contributed by atoms with Gasteiger partial charge in [0.1, 0.15) is 5.82 Å². The summed E-state index contributed by atoms with van der Waals surface area (Å²) in [4.78, 5) is 45.0. The number of likely N-dealkylation sites (tertiary alicyclic amines) is 1. The van der Waals surface area contributed by atoms with Gasteiger partial charge in [-0.3, -0.25) is 14.4 Å². The van der Waals surface area contributed by atoms with Crippen molar-refractivity contribution in [3.63, 3.8) is 0 Å². The smallest absolute Gasteiger partial charge is 0.268 e. The van der Waals surface area contributed by atoms with Crippen molar-refractivity contribution in [3.05, 3.63) is 94.3 Å². The number of carbonyl (C=O) groups excluding carboxylic acids is 3. The second-order valence-corrected chi connectivity index (χ2v) is 11.2. The molecule has 2 fully saturated rings. The van der Waals surface area contributed by atoms with Crippen molar-refractivity contribution >= 4 is 40.7 Å². The summed E-state index contributed by atoms with van der Waals surface area (Å²) in [5.74, 6) is -2.01. The summed E-state index contributed by atoms with van der Waals surface area (Å²) in [5.41, 5.74) is 0.792. The summed E-state index contributed by atoms with van der Waals surface area (Å²) in [6.07, 6.45) is 2.34. The Kier molecular flexibility index (Phi) is 6.84. The van der Waals surface area contributed by atoms with Gasteiger partial charge in [0.2, 0.25) is 5.91 Å². The fourth-order valence-electron chi connectivity index (χ4n) is 6.18. The summed E-state index contributed by atoms with van der Waals surface area (Å²) in [7, 11) is 0. The molecule has 6 rings (SSSR count). The van der Waals surface area contributed by atoms with E-state index in [-0.39, 0.29) is 28.6 Å². The van der Waals surface area contributed by atoms with Crippen molar-refractivity contribution in [1.29, 1.82) is 0 Å². The number of piperidine rings is 2. The SMILES string of the molecule is O=C(C1CCCN(c2cccc3c2C(=O)N(c2ccccc2F)C3=O)C1)N1CCC(O)(c2ccc(Cl)cc2)CC1. The van der Waals surface area contributed by atoms with Gasteiger partial charge in [0.05, 0.1) is 34.0 Å². The molecule has 0 aromatic heterocycles. The number of rotatable bonds is 4. The summed E-state index contributed by atoms with van der Waals surface area (Å²) in [5, 5.41) is 11.8. The number of amides is 3. The highest BCUT2D eigenvalue weighted by atomic mass is 35.5. The van der Waals surface area contributed by atoms with Crippen LogP contribution < -0.4 is 9.80 Å². The van der Waals surface area contributed by atoms with Crippen molar-refractivity contribution in [2.75, 3.05) is 36.0 Å². The average Bonchev–Trinajstić information content (AvgIpc) is 3.23. The number of fused-ring (bicyclic) bond motifs is 1. The zero-order valence-electron chi connectivity index (χ0n) is 21.9. The fraction of sp³-hybridized carbons (Fsp3) is 0.323. The van der Waals surface area contributed by atoms with E-state index < -0.39 is 23.2 Å². The molecule has 0 spiro atoms. The molecule has 3 aromatic carbocycles. The second-order valence-electron chi connectivity index (χ2n) is 10.7. The van der Waals surface area contributed by atoms with Crippen LogP contribution >= 0.6 is 11.6 Å². The van der Waals surface area contributed by atoms with Gasteiger partial charge >= 0.3 is 0 Å². The number of hydrogen-bond acceptors (Lipinski definition) is 5. The van der Waals surface area contributed by atoms with E-state index in [1.54, 1.807) is 36.4 Å². The maximum Gasteiger partial charge on any atom is 0.268 e. The Morgan fingerprint density at radius 1 is 0.900 bits per heavy atom. The molecule has 7 nitrogen and oxygen atoms in total. The standard InChI is InChI=1S/C31H29ClFN3O4/c32-22-12-10-21(11-13-22)31(40)14-17-34(18-15-31)28(37)20-5-4-16-35(19-20)26-9-3-6-23-27(26)30(39)36(29(23)38)25-8-2-1-7-24(25)33/h1-3,6-13,20,40H,4-5,14-19H2. The third-order valence-electron chi connectivity index (χ3n) is 8.38. The summed E-state index contributed by atoms with van der Waals surface area (Å²) >= 11 is 6.00. The first kappa shape index (κ1) is 26.5. The van der Waals surface area contributed by atoms with Crippen LogP contribution in [-0.2, 0) is 10.4 Å². The highest BCUT2D eigenvalue weighted by molar-refractivity contribution is 6.36. The minimum atomic E-state index is -0.998. The van der Waals surface area contributed by atoms with E-state index in [0.717, 1.165) is 23.3 Å². The maximum absolute atomic E-state index is 14.5. The Morgan fingerprint density at radius 2 is 1.60 bits per heavy atom. The topological polar surface area (TPSA) is 81.2 Å². The molecule has 0 bridgehead atoms. The van der Waals surface area contributed by atoms with E-state index in [1.807, 2.05) is 21.9 Å². The van der Waals surface area contributed by atoms with E-state index in [9.17, 15) is 23.9 Å². The molecule has 3 amide bonds. The minimum Gasteiger partial charge on any atom is -0.385 e. The van der Waals surface area contributed by atoms with E-state index in [1.165, 1.54) is 18.2 Å². The number of halogens is 2. The van der Waals surface area contributed by atoms with Gasteiger partial charge < -0.3 is 14.9 Å². The van der Waals surface area contributed by atoms with E-state index in [0.29, 0.717) is 49.7 Å². The van der Waals surface area contributed by atoms with Gasteiger partial charge in [-0.2, -0.15) is 0 Å². The Balaban J connectivity index is 1.18. The lowest BCUT2D eigenvalue weighted by Gasteiger charge is -2.41. The van der Waals surface area contributed by atoms with Gasteiger partial charge in [0.25, 0.3) is 11.8 Å². The Hall–Kier alpha value is -3.75. The Morgan fingerprint density at radius 3 is 2.33 bits per heavy atom. The molecule has 3 aromatic rings. The lowest BCUT2D eigenvalue weighted by molar-refractivity contribution is -0.140. The van der Waals surface area contributed by atoms with Gasteiger partial charge in [-0.15, -0.1) is 0 Å². The molecule has 9 heteroatoms. The summed E-state index contributed by atoms with van der Waals surface area (Å²) < 4.78 is 14.5. The molecule has 1 atom stereocenters. The Bertz CT molecular complexity index is 1490. The Labute approximate surface area is 236 Å². The molecule has 0 saturated carbocycles. The number of carbonyl (C=O) groups is 3. The van der Waals surface area contributed by atoms with Gasteiger partial charge in [-0.25, -0.2) is 9.29 Å². The normalized spacial score (nSPS) is 20.6. The van der Waals surface area contributed by atoms with Gasteiger partial charge in [0, 0.05) is 31.2 Å². The summed E-state index contributed by atoms with van der Waals surface area (Å²) in [6, 6.07) is 18.0. The number of aliphatic hydroxyl groups is 1. The van der Waals surface area contributed by atoms with Crippen molar-refractivity contribution in [1.82, 2.24) is 4.90 Å². The fourth-order valence-corrected chi connectivity index (χ4v) is 6.31. The first-order valence-electron chi connectivity index (χ1n) is 13.6. The van der Waals surface area contributed by atoms with Crippen molar-refractivity contribution in [3.8, 4) is 0 Å². The number of nitrogens with zero attached hydrogens (tertiary/aromatic N) is 3. The monoisotopic (exact) mass is 561 g/mol. The van der Waals surface area contributed by atoms with Crippen molar-refractivity contribution in [2.24, 2.45) is 5.92 Å². The van der Waals surface area contributed by atoms with Crippen LogP contribution in [0.1, 0.15) is 52.0 Å². The highest BCUT2D eigenvalue weighted by Crippen LogP contribution is 2.38. The highest BCUT2D eigenvalue weighted by Gasteiger charge is 2.42. The molecular weight excluding hydrogens is 533 g/mol. The van der Waals surface area contributed by atoms with Crippen LogP contribution in [-0.4, -0.2) is 53.9 Å². The lowest BCUT2D eigenvalue weighted by atomic mass is 9.84. The average molecular weight is 562 g/mol. The van der Waals surface area contributed by atoms with E-state index >= 15 is 0 Å². The van der Waals surface area contributed by atoms with E-state index in [4.69, 9.17) is 11.6 Å². The lowest BCUT2D eigenvalue weighted by Crippen LogP contribution is -2.50.